The zero-order valence-electron chi connectivity index (χ0n) is 34.7. The number of hydrogen-bond acceptors (Lipinski definition) is 6. The van der Waals surface area contributed by atoms with Crippen LogP contribution in [-0.4, -0.2) is 80.6 Å². The van der Waals surface area contributed by atoms with Gasteiger partial charge in [0, 0.05) is 19.3 Å². The monoisotopic (exact) mass is 747 g/mol. The summed E-state index contributed by atoms with van der Waals surface area (Å²) in [7, 11) is 5.50. The molecule has 8 heteroatoms. The Hall–Kier alpha value is -2.71. The molecule has 0 aliphatic rings. The number of quaternary nitrogens is 1. The average molecular weight is 747 g/mol. The van der Waals surface area contributed by atoms with Gasteiger partial charge in [0.2, 0.25) is 0 Å². The predicted molar refractivity (Wildman–Crippen MR) is 220 cm³/mol. The molecule has 0 radical (unpaired) electrons. The summed E-state index contributed by atoms with van der Waals surface area (Å²) in [5.41, 5.74) is 0. The molecule has 0 aliphatic heterocycles. The molecule has 0 rings (SSSR count). The second-order valence-corrected chi connectivity index (χ2v) is 15.2. The van der Waals surface area contributed by atoms with Crippen LogP contribution in [0.15, 0.2) is 48.6 Å². The summed E-state index contributed by atoms with van der Waals surface area (Å²) in [4.78, 5) is 36.9. The number of carbonyl (C=O) groups excluding carboxylic acids is 2. The fourth-order valence-electron chi connectivity index (χ4n) is 5.91. The zero-order valence-corrected chi connectivity index (χ0v) is 34.7. The highest BCUT2D eigenvalue weighted by molar-refractivity contribution is 5.72. The van der Waals surface area contributed by atoms with Gasteiger partial charge in [-0.25, -0.2) is 4.79 Å². The molecule has 0 fully saturated rings. The minimum absolute atomic E-state index is 0.0448. The summed E-state index contributed by atoms with van der Waals surface area (Å²) in [6.07, 6.45) is 41.5. The number of carbonyl (C=O) groups is 3. The third-order valence-electron chi connectivity index (χ3n) is 9.23. The van der Waals surface area contributed by atoms with E-state index < -0.39 is 18.1 Å². The van der Waals surface area contributed by atoms with E-state index in [4.69, 9.17) is 14.2 Å². The lowest BCUT2D eigenvalue weighted by Crippen LogP contribution is -2.50. The minimum atomic E-state index is -0.883. The van der Waals surface area contributed by atoms with E-state index in [2.05, 4.69) is 62.5 Å². The Balaban J connectivity index is 4.46. The summed E-state index contributed by atoms with van der Waals surface area (Å²) in [6.45, 7) is 4.64. The standard InChI is InChI=1S/C45H79NO7/c1-6-8-10-12-14-16-18-20-21-22-23-24-26-27-29-31-33-35-43(47)52-40-41(39-51-38-37-42(45(49)50)46(3,4)5)53-44(48)36-34-32-30-28-25-19-17-15-13-11-9-7-2/h14,16,20-21,23-24,27,29,41-42H,6-13,15,17-19,22,25-26,28,30-40H2,1-5H3/p+1/b16-14+,21-20+,24-23+,29-27+. The van der Waals surface area contributed by atoms with Crippen molar-refractivity contribution in [1.82, 2.24) is 0 Å². The smallest absolute Gasteiger partial charge is 0.362 e. The van der Waals surface area contributed by atoms with E-state index in [0.717, 1.165) is 44.9 Å². The molecule has 0 aromatic carbocycles. The number of carboxylic acid groups (broad SMARTS) is 1. The van der Waals surface area contributed by atoms with Gasteiger partial charge in [0.15, 0.2) is 12.1 Å². The molecule has 1 N–H and O–H groups in total. The van der Waals surface area contributed by atoms with Crippen LogP contribution in [0.4, 0.5) is 0 Å². The first-order valence-electron chi connectivity index (χ1n) is 21.2. The third kappa shape index (κ3) is 34.8. The molecule has 0 aromatic heterocycles. The number of esters is 2. The Morgan fingerprint density at radius 3 is 1.53 bits per heavy atom. The lowest BCUT2D eigenvalue weighted by Gasteiger charge is -2.31. The molecule has 2 atom stereocenters. The van der Waals surface area contributed by atoms with Crippen molar-refractivity contribution < 1.29 is 38.2 Å². The number of unbranched alkanes of at least 4 members (excludes halogenated alkanes) is 15. The number of allylic oxidation sites excluding steroid dienone is 8. The van der Waals surface area contributed by atoms with Gasteiger partial charge in [-0.15, -0.1) is 0 Å². The van der Waals surface area contributed by atoms with Crippen molar-refractivity contribution in [2.24, 2.45) is 0 Å². The lowest BCUT2D eigenvalue weighted by atomic mass is 10.0. The van der Waals surface area contributed by atoms with E-state index in [1.807, 2.05) is 21.1 Å². The number of likely N-dealkylation sites (N-methyl/N-ethyl adjacent to an activating group) is 1. The van der Waals surface area contributed by atoms with Crippen molar-refractivity contribution in [3.63, 3.8) is 0 Å². The Bertz CT molecular complexity index is 1010. The zero-order chi connectivity index (χ0) is 39.3. The average Bonchev–Trinajstić information content (AvgIpc) is 3.11. The largest absolute Gasteiger partial charge is 0.477 e. The maximum atomic E-state index is 12.7. The van der Waals surface area contributed by atoms with E-state index in [1.165, 1.54) is 83.5 Å². The van der Waals surface area contributed by atoms with Gasteiger partial charge in [-0.2, -0.15) is 0 Å². The van der Waals surface area contributed by atoms with E-state index in [0.29, 0.717) is 19.3 Å². The Labute approximate surface area is 325 Å². The summed E-state index contributed by atoms with van der Waals surface area (Å²) in [5.74, 6) is -1.54. The molecular formula is C45H80NO7+. The Kier molecular flexibility index (Phi) is 34.4. The van der Waals surface area contributed by atoms with Crippen molar-refractivity contribution in [3.05, 3.63) is 48.6 Å². The molecular weight excluding hydrogens is 666 g/mol. The van der Waals surface area contributed by atoms with Gasteiger partial charge in [0.1, 0.15) is 6.61 Å². The Morgan fingerprint density at radius 2 is 1.02 bits per heavy atom. The van der Waals surface area contributed by atoms with Gasteiger partial charge < -0.3 is 23.8 Å². The molecule has 0 spiro atoms. The molecule has 2 unspecified atom stereocenters. The Morgan fingerprint density at radius 1 is 0.566 bits per heavy atom. The second-order valence-electron chi connectivity index (χ2n) is 15.2. The molecule has 0 saturated carbocycles. The van der Waals surface area contributed by atoms with Crippen LogP contribution in [0.3, 0.4) is 0 Å². The van der Waals surface area contributed by atoms with Gasteiger partial charge in [-0.05, 0) is 51.4 Å². The van der Waals surface area contributed by atoms with Crippen molar-refractivity contribution in [3.8, 4) is 0 Å². The first-order valence-corrected chi connectivity index (χ1v) is 21.2. The van der Waals surface area contributed by atoms with E-state index >= 15 is 0 Å². The van der Waals surface area contributed by atoms with Crippen LogP contribution >= 0.6 is 0 Å². The maximum Gasteiger partial charge on any atom is 0.362 e. The summed E-state index contributed by atoms with van der Waals surface area (Å²) < 4.78 is 17.2. The van der Waals surface area contributed by atoms with Gasteiger partial charge >= 0.3 is 17.9 Å². The van der Waals surface area contributed by atoms with Gasteiger partial charge in [0.05, 0.1) is 34.4 Å². The molecule has 306 valence electrons. The van der Waals surface area contributed by atoms with Crippen LogP contribution in [0, 0.1) is 0 Å². The molecule has 8 nitrogen and oxygen atoms in total. The maximum absolute atomic E-state index is 12.7. The fourth-order valence-corrected chi connectivity index (χ4v) is 5.91. The summed E-state index contributed by atoms with van der Waals surface area (Å²) in [6, 6.07) is -0.621. The van der Waals surface area contributed by atoms with E-state index in [9.17, 15) is 19.5 Å². The first kappa shape index (κ1) is 50.3. The highest BCUT2D eigenvalue weighted by Gasteiger charge is 2.31. The summed E-state index contributed by atoms with van der Waals surface area (Å²) in [5, 5.41) is 9.60. The van der Waals surface area contributed by atoms with Crippen molar-refractivity contribution in [1.29, 1.82) is 0 Å². The lowest BCUT2D eigenvalue weighted by molar-refractivity contribution is -0.887. The van der Waals surface area contributed by atoms with E-state index in [1.54, 1.807) is 0 Å². The fraction of sp³-hybridized carbons (Fsp3) is 0.756. The van der Waals surface area contributed by atoms with Gasteiger partial charge in [-0.1, -0.05) is 146 Å². The number of carboxylic acids is 1. The SMILES string of the molecule is CCCCC/C=C/C/C=C/C/C=C/C/C=C/CCCC(=O)OCC(COCCC(C(=O)O)[N+](C)(C)C)OC(=O)CCCCCCCCCCCCCC. The number of aliphatic carboxylic acids is 1. The van der Waals surface area contributed by atoms with Crippen LogP contribution in [0.1, 0.15) is 168 Å². The van der Waals surface area contributed by atoms with Gasteiger partial charge in [0.25, 0.3) is 0 Å². The van der Waals surface area contributed by atoms with Crippen LogP contribution in [0.5, 0.6) is 0 Å². The molecule has 0 amide bonds. The van der Waals surface area contributed by atoms with Crippen molar-refractivity contribution in [2.75, 3.05) is 41.0 Å². The van der Waals surface area contributed by atoms with Gasteiger partial charge in [-0.3, -0.25) is 9.59 Å². The topological polar surface area (TPSA) is 99.1 Å². The first-order chi connectivity index (χ1) is 25.6. The van der Waals surface area contributed by atoms with E-state index in [-0.39, 0.29) is 42.7 Å². The number of rotatable bonds is 37. The third-order valence-corrected chi connectivity index (χ3v) is 9.23. The number of hydrogen-bond donors (Lipinski definition) is 1. The van der Waals surface area contributed by atoms with Crippen molar-refractivity contribution in [2.45, 2.75) is 180 Å². The highest BCUT2D eigenvalue weighted by atomic mass is 16.6. The van der Waals surface area contributed by atoms with Crippen LogP contribution in [-0.2, 0) is 28.6 Å². The second kappa shape index (κ2) is 36.3. The molecule has 53 heavy (non-hydrogen) atoms. The molecule has 0 saturated heterocycles. The molecule has 0 aromatic rings. The van der Waals surface area contributed by atoms with Crippen LogP contribution in [0.25, 0.3) is 0 Å². The number of ether oxygens (including phenoxy) is 3. The predicted octanol–water partition coefficient (Wildman–Crippen LogP) is 11.2. The highest BCUT2D eigenvalue weighted by Crippen LogP contribution is 2.14. The molecule has 0 aliphatic carbocycles. The van der Waals surface area contributed by atoms with Crippen molar-refractivity contribution >= 4 is 17.9 Å². The van der Waals surface area contributed by atoms with Crippen LogP contribution < -0.4 is 0 Å². The summed E-state index contributed by atoms with van der Waals surface area (Å²) >= 11 is 0. The quantitative estimate of drug-likeness (QED) is 0.0292. The molecule has 0 bridgehead atoms. The normalized spacial score (nSPS) is 13.5. The van der Waals surface area contributed by atoms with Crippen LogP contribution in [0.2, 0.25) is 0 Å². The minimum Gasteiger partial charge on any atom is -0.477 e. The molecule has 0 heterocycles. The number of nitrogens with zero attached hydrogens (tertiary/aromatic N) is 1.